The van der Waals surface area contributed by atoms with Crippen molar-refractivity contribution in [2.24, 2.45) is 0 Å². The Kier molecular flexibility index (Phi) is 5.88. The van der Waals surface area contributed by atoms with Gasteiger partial charge in [0.1, 0.15) is 11.2 Å². The third kappa shape index (κ3) is 3.90. The lowest BCUT2D eigenvalue weighted by Gasteiger charge is -2.26. The highest BCUT2D eigenvalue weighted by Gasteiger charge is 2.34. The lowest BCUT2D eigenvalue weighted by atomic mass is 10.1. The normalized spacial score (nSPS) is 17.8. The third-order valence-corrected chi connectivity index (χ3v) is 5.28. The van der Waals surface area contributed by atoms with E-state index in [1.165, 1.54) is 17.8 Å². The predicted molar refractivity (Wildman–Crippen MR) is 98.2 cm³/mol. The van der Waals surface area contributed by atoms with Crippen LogP contribution in [-0.4, -0.2) is 11.6 Å². The monoisotopic (exact) mass is 436 g/mol. The highest BCUT2D eigenvalue weighted by Crippen LogP contribution is 2.43. The van der Waals surface area contributed by atoms with Gasteiger partial charge in [-0.2, -0.15) is 13.2 Å². The van der Waals surface area contributed by atoms with Gasteiger partial charge < -0.3 is 4.90 Å². The van der Waals surface area contributed by atoms with Crippen LogP contribution in [0.25, 0.3) is 0 Å². The molecule has 128 valence electrons. The Morgan fingerprint density at radius 1 is 1.12 bits per heavy atom. The summed E-state index contributed by atoms with van der Waals surface area (Å²) in [6, 6.07) is 12.8. The van der Waals surface area contributed by atoms with Crippen LogP contribution in [0.5, 0.6) is 0 Å². The minimum absolute atomic E-state index is 0. The van der Waals surface area contributed by atoms with E-state index >= 15 is 0 Å². The molecule has 1 N–H and O–H groups in total. The van der Waals surface area contributed by atoms with Gasteiger partial charge in [0.15, 0.2) is 0 Å². The van der Waals surface area contributed by atoms with Crippen molar-refractivity contribution < 1.29 is 13.2 Å². The minimum Gasteiger partial charge on any atom is -0.313 e. The molecule has 2 aromatic carbocycles. The Bertz CT molecular complexity index is 737. The number of nitrogens with one attached hydrogen (secondary N) is 1. The van der Waals surface area contributed by atoms with Crippen LogP contribution < -0.4 is 4.90 Å². The first-order chi connectivity index (χ1) is 10.9. The maximum atomic E-state index is 12.9. The van der Waals surface area contributed by atoms with E-state index < -0.39 is 11.7 Å². The number of amidine groups is 1. The van der Waals surface area contributed by atoms with Crippen LogP contribution in [-0.2, 0) is 6.18 Å². The van der Waals surface area contributed by atoms with Gasteiger partial charge in [-0.1, -0.05) is 34.1 Å². The van der Waals surface area contributed by atoms with Crippen LogP contribution >= 0.6 is 40.1 Å². The number of hydrogen-bond acceptors (Lipinski definition) is 2. The summed E-state index contributed by atoms with van der Waals surface area (Å²) in [6.07, 6.45) is -4.39. The van der Waals surface area contributed by atoms with Crippen molar-refractivity contribution in [1.82, 2.24) is 0 Å². The summed E-state index contributed by atoms with van der Waals surface area (Å²) in [7, 11) is 0. The molecule has 1 fully saturated rings. The first-order valence-electron chi connectivity index (χ1n) is 6.77. The zero-order valence-corrected chi connectivity index (χ0v) is 15.4. The number of alkyl halides is 3. The molecule has 0 radical (unpaired) electrons. The summed E-state index contributed by atoms with van der Waals surface area (Å²) in [5.74, 6) is 0.777. The summed E-state index contributed by atoms with van der Waals surface area (Å²) in [5, 5.41) is 7.91. The van der Waals surface area contributed by atoms with E-state index in [-0.39, 0.29) is 17.8 Å². The summed E-state index contributed by atoms with van der Waals surface area (Å²) in [4.78, 5) is 1.66. The largest absolute Gasteiger partial charge is 0.416 e. The van der Waals surface area contributed by atoms with E-state index in [1.54, 1.807) is 11.0 Å². The lowest BCUT2D eigenvalue weighted by molar-refractivity contribution is -0.137. The summed E-state index contributed by atoms with van der Waals surface area (Å²) >= 11 is 4.90. The first kappa shape index (κ1) is 19.1. The second-order valence-electron chi connectivity index (χ2n) is 5.08. The van der Waals surface area contributed by atoms with E-state index in [0.717, 1.165) is 22.2 Å². The van der Waals surface area contributed by atoms with E-state index in [2.05, 4.69) is 15.9 Å². The molecule has 0 bridgehead atoms. The van der Waals surface area contributed by atoms with Gasteiger partial charge in [0.05, 0.1) is 11.3 Å². The molecular formula is C16H13BrClF3N2S. The molecule has 0 saturated carbocycles. The predicted octanol–water partition coefficient (Wildman–Crippen LogP) is 6.12. The van der Waals surface area contributed by atoms with Crippen LogP contribution in [0.1, 0.15) is 16.5 Å². The van der Waals surface area contributed by atoms with E-state index in [9.17, 15) is 13.2 Å². The number of hydrogen-bond donors (Lipinski definition) is 1. The zero-order chi connectivity index (χ0) is 16.6. The number of thioether (sulfide) groups is 1. The Morgan fingerprint density at radius 2 is 1.79 bits per heavy atom. The SMILES string of the molecule is Cl.N=C1CSC(c2ccc(Br)cc2)N1c1cccc(C(F)(F)F)c1. The number of benzene rings is 2. The Labute approximate surface area is 156 Å². The molecule has 1 aliphatic heterocycles. The molecule has 1 unspecified atom stereocenters. The van der Waals surface area contributed by atoms with Crippen molar-refractivity contribution in [3.63, 3.8) is 0 Å². The maximum absolute atomic E-state index is 12.9. The van der Waals surface area contributed by atoms with Gasteiger partial charge >= 0.3 is 6.18 Å². The quantitative estimate of drug-likeness (QED) is 0.613. The summed E-state index contributed by atoms with van der Waals surface area (Å²) in [6.45, 7) is 0. The Balaban J connectivity index is 0.00000208. The van der Waals surface area contributed by atoms with E-state index in [0.29, 0.717) is 17.3 Å². The fraction of sp³-hybridized carbons (Fsp3) is 0.188. The van der Waals surface area contributed by atoms with Crippen LogP contribution in [0.2, 0.25) is 0 Å². The van der Waals surface area contributed by atoms with Gasteiger partial charge in [0, 0.05) is 10.2 Å². The molecule has 1 atom stereocenters. The molecule has 8 heteroatoms. The van der Waals surface area contributed by atoms with Crippen LogP contribution in [0.3, 0.4) is 0 Å². The number of anilines is 1. The van der Waals surface area contributed by atoms with Crippen molar-refractivity contribution in [3.8, 4) is 0 Å². The number of rotatable bonds is 2. The molecule has 1 aliphatic rings. The summed E-state index contributed by atoms with van der Waals surface area (Å²) in [5.41, 5.74) is 0.648. The highest BCUT2D eigenvalue weighted by molar-refractivity contribution is 9.10. The molecule has 3 rings (SSSR count). The number of nitrogens with zero attached hydrogens (tertiary/aromatic N) is 1. The van der Waals surface area contributed by atoms with Crippen molar-refractivity contribution in [1.29, 1.82) is 5.41 Å². The Morgan fingerprint density at radius 3 is 2.42 bits per heavy atom. The lowest BCUT2D eigenvalue weighted by Crippen LogP contribution is -2.27. The molecule has 0 aromatic heterocycles. The smallest absolute Gasteiger partial charge is 0.313 e. The fourth-order valence-corrected chi connectivity index (χ4v) is 3.91. The molecule has 1 heterocycles. The molecule has 0 amide bonds. The Hall–Kier alpha value is -1.18. The molecule has 0 aliphatic carbocycles. The van der Waals surface area contributed by atoms with Gasteiger partial charge in [0.2, 0.25) is 0 Å². The molecule has 1 saturated heterocycles. The minimum atomic E-state index is -4.39. The van der Waals surface area contributed by atoms with Crippen molar-refractivity contribution in [3.05, 3.63) is 64.1 Å². The van der Waals surface area contributed by atoms with Gasteiger partial charge in [0.25, 0.3) is 0 Å². The first-order valence-corrected chi connectivity index (χ1v) is 8.61. The average Bonchev–Trinajstić information content (AvgIpc) is 2.89. The van der Waals surface area contributed by atoms with Gasteiger partial charge in [-0.05, 0) is 35.9 Å². The molecule has 24 heavy (non-hydrogen) atoms. The van der Waals surface area contributed by atoms with Gasteiger partial charge in [-0.3, -0.25) is 5.41 Å². The maximum Gasteiger partial charge on any atom is 0.416 e. The van der Waals surface area contributed by atoms with Crippen molar-refractivity contribution in [2.45, 2.75) is 11.6 Å². The van der Waals surface area contributed by atoms with Crippen molar-refractivity contribution in [2.75, 3.05) is 10.7 Å². The average molecular weight is 438 g/mol. The highest BCUT2D eigenvalue weighted by atomic mass is 79.9. The van der Waals surface area contributed by atoms with E-state index in [1.807, 2.05) is 24.3 Å². The zero-order valence-electron chi connectivity index (χ0n) is 12.2. The molecule has 0 spiro atoms. The van der Waals surface area contributed by atoms with Crippen LogP contribution in [0.4, 0.5) is 18.9 Å². The molecule has 2 nitrogen and oxygen atoms in total. The molecular weight excluding hydrogens is 425 g/mol. The topological polar surface area (TPSA) is 27.1 Å². The van der Waals surface area contributed by atoms with Gasteiger partial charge in [-0.15, -0.1) is 24.2 Å². The van der Waals surface area contributed by atoms with Crippen LogP contribution in [0.15, 0.2) is 53.0 Å². The van der Waals surface area contributed by atoms with Gasteiger partial charge in [-0.25, -0.2) is 0 Å². The third-order valence-electron chi connectivity index (χ3n) is 3.51. The second kappa shape index (κ2) is 7.37. The van der Waals surface area contributed by atoms with E-state index in [4.69, 9.17) is 5.41 Å². The fourth-order valence-electron chi connectivity index (χ4n) is 2.44. The van der Waals surface area contributed by atoms with Crippen molar-refractivity contribution >= 4 is 51.6 Å². The van der Waals surface area contributed by atoms with Crippen LogP contribution in [0, 0.1) is 5.41 Å². The number of halogens is 5. The summed E-state index contributed by atoms with van der Waals surface area (Å²) < 4.78 is 39.7. The second-order valence-corrected chi connectivity index (χ2v) is 7.06. The standard InChI is InChI=1S/C16H12BrF3N2S.ClH/c17-12-6-4-10(5-7-12)15-22(14(21)9-23-15)13-3-1-2-11(8-13)16(18,19)20;/h1-8,15,21H,9H2;1H. The molecule has 2 aromatic rings.